The van der Waals surface area contributed by atoms with E-state index in [2.05, 4.69) is 5.32 Å². The molecule has 8 heteroatoms. The van der Waals surface area contributed by atoms with Crippen LogP contribution in [0.15, 0.2) is 12.3 Å². The number of hydrogen-bond acceptors (Lipinski definition) is 4. The standard InChI is InChI=1S/C9H13Cl2N3O3/c10-9(11)3-5(4-15)17-7(9)14-2-1-6(12)13-8(14)16/h1-2,5-7,15H,3-4,12H2,(H,13,16)/t5-,6?,7+/m0/s1. The number of nitrogens with zero attached hydrogens (tertiary/aromatic N) is 1. The Morgan fingerprint density at radius 1 is 1.71 bits per heavy atom. The molecule has 1 saturated heterocycles. The van der Waals surface area contributed by atoms with E-state index in [-0.39, 0.29) is 13.0 Å². The molecule has 6 nitrogen and oxygen atoms in total. The maximum absolute atomic E-state index is 11.7. The number of rotatable bonds is 2. The minimum atomic E-state index is -1.25. The van der Waals surface area contributed by atoms with Crippen LogP contribution in [0.5, 0.6) is 0 Å². The van der Waals surface area contributed by atoms with Crippen LogP contribution in [0.4, 0.5) is 4.79 Å². The summed E-state index contributed by atoms with van der Waals surface area (Å²) in [5.74, 6) is 0. The lowest BCUT2D eigenvalue weighted by Gasteiger charge is -2.33. The number of amides is 2. The normalized spacial score (nSPS) is 36.1. The van der Waals surface area contributed by atoms with Crippen LogP contribution in [-0.2, 0) is 4.74 Å². The van der Waals surface area contributed by atoms with Crippen LogP contribution in [-0.4, -0.2) is 45.5 Å². The third-order valence-corrected chi connectivity index (χ3v) is 3.30. The van der Waals surface area contributed by atoms with Crippen LogP contribution in [0.25, 0.3) is 0 Å². The second kappa shape index (κ2) is 4.62. The van der Waals surface area contributed by atoms with E-state index in [0.29, 0.717) is 0 Å². The Hall–Kier alpha value is -0.530. The fraction of sp³-hybridized carbons (Fsp3) is 0.667. The summed E-state index contributed by atoms with van der Waals surface area (Å²) in [6.45, 7) is -0.198. The van der Waals surface area contributed by atoms with E-state index in [1.165, 1.54) is 11.1 Å². The van der Waals surface area contributed by atoms with E-state index in [9.17, 15) is 4.79 Å². The third-order valence-electron chi connectivity index (χ3n) is 2.62. The summed E-state index contributed by atoms with van der Waals surface area (Å²) in [6, 6.07) is -0.436. The van der Waals surface area contributed by atoms with Gasteiger partial charge in [-0.3, -0.25) is 4.90 Å². The molecule has 2 rings (SSSR count). The zero-order chi connectivity index (χ0) is 12.6. The molecule has 2 heterocycles. The first-order chi connectivity index (χ1) is 7.94. The van der Waals surface area contributed by atoms with E-state index < -0.39 is 28.9 Å². The fourth-order valence-electron chi connectivity index (χ4n) is 1.81. The molecular formula is C9H13Cl2N3O3. The van der Waals surface area contributed by atoms with Gasteiger partial charge in [-0.15, -0.1) is 0 Å². The van der Waals surface area contributed by atoms with Crippen LogP contribution < -0.4 is 11.1 Å². The molecular weight excluding hydrogens is 269 g/mol. The average Bonchev–Trinajstić information content (AvgIpc) is 2.54. The van der Waals surface area contributed by atoms with E-state index in [0.717, 1.165) is 0 Å². The third kappa shape index (κ3) is 2.51. The van der Waals surface area contributed by atoms with Gasteiger partial charge in [0.2, 0.25) is 0 Å². The SMILES string of the molecule is NC1C=CN([C@@H]2O[C@H](CO)CC2(Cl)Cl)C(=O)N1. The number of nitrogens with one attached hydrogen (secondary N) is 1. The van der Waals surface area contributed by atoms with Crippen molar-refractivity contribution < 1.29 is 14.6 Å². The summed E-state index contributed by atoms with van der Waals surface area (Å²) in [5.41, 5.74) is 5.51. The molecule has 0 aromatic heterocycles. The summed E-state index contributed by atoms with van der Waals surface area (Å²) in [6.07, 6.45) is 1.46. The molecule has 2 aliphatic heterocycles. The fourth-order valence-corrected chi connectivity index (χ4v) is 2.47. The number of aliphatic hydroxyl groups excluding tert-OH is 1. The first-order valence-corrected chi connectivity index (χ1v) is 5.86. The molecule has 0 saturated carbocycles. The Morgan fingerprint density at radius 2 is 2.41 bits per heavy atom. The van der Waals surface area contributed by atoms with Crippen LogP contribution in [0.1, 0.15) is 6.42 Å². The van der Waals surface area contributed by atoms with E-state index in [1.54, 1.807) is 6.08 Å². The Morgan fingerprint density at radius 3 is 2.94 bits per heavy atom. The summed E-state index contributed by atoms with van der Waals surface area (Å²) < 4.78 is 4.18. The van der Waals surface area contributed by atoms with Crippen LogP contribution in [0.2, 0.25) is 0 Å². The van der Waals surface area contributed by atoms with Crippen molar-refractivity contribution in [2.24, 2.45) is 5.73 Å². The van der Waals surface area contributed by atoms with Gasteiger partial charge in [0.1, 0.15) is 0 Å². The number of ether oxygens (including phenoxy) is 1. The van der Waals surface area contributed by atoms with Crippen molar-refractivity contribution in [1.29, 1.82) is 0 Å². The van der Waals surface area contributed by atoms with Crippen molar-refractivity contribution in [3.05, 3.63) is 12.3 Å². The molecule has 17 heavy (non-hydrogen) atoms. The van der Waals surface area contributed by atoms with Crippen molar-refractivity contribution in [2.75, 3.05) is 6.61 Å². The number of carbonyl (C=O) groups is 1. The molecule has 96 valence electrons. The minimum absolute atomic E-state index is 0.198. The van der Waals surface area contributed by atoms with E-state index in [4.69, 9.17) is 38.8 Å². The number of hydrogen-bond donors (Lipinski definition) is 3. The summed E-state index contributed by atoms with van der Waals surface area (Å²) in [5, 5.41) is 11.5. The lowest BCUT2D eigenvalue weighted by Crippen LogP contribution is -2.55. The summed E-state index contributed by atoms with van der Waals surface area (Å²) in [7, 11) is 0. The highest BCUT2D eigenvalue weighted by atomic mass is 35.5. The molecule has 0 aromatic rings. The highest BCUT2D eigenvalue weighted by Gasteiger charge is 2.50. The van der Waals surface area contributed by atoms with Crippen molar-refractivity contribution >= 4 is 29.2 Å². The molecule has 0 radical (unpaired) electrons. The number of halogens is 2. The van der Waals surface area contributed by atoms with E-state index >= 15 is 0 Å². The van der Waals surface area contributed by atoms with Gasteiger partial charge < -0.3 is 20.9 Å². The zero-order valence-corrected chi connectivity index (χ0v) is 10.4. The number of carbonyl (C=O) groups excluding carboxylic acids is 1. The highest BCUT2D eigenvalue weighted by molar-refractivity contribution is 6.49. The van der Waals surface area contributed by atoms with Gasteiger partial charge in [0.25, 0.3) is 0 Å². The van der Waals surface area contributed by atoms with Crippen molar-refractivity contribution in [1.82, 2.24) is 10.2 Å². The van der Waals surface area contributed by atoms with Gasteiger partial charge in [-0.1, -0.05) is 23.2 Å². The molecule has 1 unspecified atom stereocenters. The maximum atomic E-state index is 11.7. The van der Waals surface area contributed by atoms with Gasteiger partial charge in [-0.05, 0) is 6.08 Å². The first-order valence-electron chi connectivity index (χ1n) is 5.11. The zero-order valence-electron chi connectivity index (χ0n) is 8.85. The quantitative estimate of drug-likeness (QED) is 0.626. The molecule has 2 aliphatic rings. The van der Waals surface area contributed by atoms with Crippen molar-refractivity contribution in [2.45, 2.75) is 29.3 Å². The maximum Gasteiger partial charge on any atom is 0.325 e. The lowest BCUT2D eigenvalue weighted by molar-refractivity contribution is -0.0390. The van der Waals surface area contributed by atoms with E-state index in [1.807, 2.05) is 0 Å². The van der Waals surface area contributed by atoms with Crippen LogP contribution in [0.3, 0.4) is 0 Å². The second-order valence-electron chi connectivity index (χ2n) is 3.98. The molecule has 1 fully saturated rings. The van der Waals surface area contributed by atoms with Gasteiger partial charge in [0.15, 0.2) is 10.6 Å². The van der Waals surface area contributed by atoms with Gasteiger partial charge in [-0.2, -0.15) is 0 Å². The monoisotopic (exact) mass is 281 g/mol. The number of urea groups is 1. The largest absolute Gasteiger partial charge is 0.394 e. The molecule has 4 N–H and O–H groups in total. The average molecular weight is 282 g/mol. The molecule has 0 aromatic carbocycles. The summed E-state index contributed by atoms with van der Waals surface area (Å²) >= 11 is 12.2. The van der Waals surface area contributed by atoms with Gasteiger partial charge in [0, 0.05) is 12.6 Å². The molecule has 0 aliphatic carbocycles. The number of alkyl halides is 2. The summed E-state index contributed by atoms with van der Waals surface area (Å²) in [4.78, 5) is 12.9. The number of aliphatic hydroxyl groups is 1. The highest BCUT2D eigenvalue weighted by Crippen LogP contribution is 2.42. The van der Waals surface area contributed by atoms with Crippen LogP contribution in [0, 0.1) is 0 Å². The Labute approximate surface area is 108 Å². The number of nitrogens with two attached hydrogens (primary N) is 1. The molecule has 2 amide bonds. The topological polar surface area (TPSA) is 87.8 Å². The molecule has 0 bridgehead atoms. The predicted octanol–water partition coefficient (Wildman–Crippen LogP) is 0.0913. The molecule has 0 spiro atoms. The smallest absolute Gasteiger partial charge is 0.325 e. The van der Waals surface area contributed by atoms with Gasteiger partial charge in [0.05, 0.1) is 18.9 Å². The first kappa shape index (κ1) is 12.9. The Balaban J connectivity index is 2.17. The lowest BCUT2D eigenvalue weighted by atomic mass is 10.2. The van der Waals surface area contributed by atoms with Crippen molar-refractivity contribution in [3.63, 3.8) is 0 Å². The van der Waals surface area contributed by atoms with Gasteiger partial charge >= 0.3 is 6.03 Å². The molecule has 3 atom stereocenters. The Bertz CT molecular complexity index is 350. The van der Waals surface area contributed by atoms with Crippen LogP contribution >= 0.6 is 23.2 Å². The van der Waals surface area contributed by atoms with Gasteiger partial charge in [-0.25, -0.2) is 4.79 Å². The van der Waals surface area contributed by atoms with Crippen molar-refractivity contribution in [3.8, 4) is 0 Å². The predicted molar refractivity (Wildman–Crippen MR) is 62.3 cm³/mol. The second-order valence-corrected chi connectivity index (χ2v) is 5.52. The minimum Gasteiger partial charge on any atom is -0.394 e. The Kier molecular flexibility index (Phi) is 3.51.